The summed E-state index contributed by atoms with van der Waals surface area (Å²) in [5.74, 6) is 0.163. The highest BCUT2D eigenvalue weighted by molar-refractivity contribution is 5.97. The van der Waals surface area contributed by atoms with Gasteiger partial charge in [0.2, 0.25) is 0 Å². The molecular formula is C16H24N4O. The van der Waals surface area contributed by atoms with Gasteiger partial charge in [-0.1, -0.05) is 29.8 Å². The van der Waals surface area contributed by atoms with Crippen LogP contribution in [0.2, 0.25) is 0 Å². The lowest BCUT2D eigenvalue weighted by atomic mass is 9.99. The van der Waals surface area contributed by atoms with Crippen LogP contribution in [0.4, 0.5) is 0 Å². The number of nitrogens with zero attached hydrogens (tertiary/aromatic N) is 2. The van der Waals surface area contributed by atoms with E-state index in [9.17, 15) is 0 Å². The lowest BCUT2D eigenvalue weighted by Crippen LogP contribution is -2.44. The van der Waals surface area contributed by atoms with E-state index in [0.717, 1.165) is 12.1 Å². The van der Waals surface area contributed by atoms with Crippen molar-refractivity contribution in [3.8, 4) is 0 Å². The molecule has 1 aromatic carbocycles. The van der Waals surface area contributed by atoms with Crippen LogP contribution in [0.1, 0.15) is 36.8 Å². The molecule has 2 fully saturated rings. The first-order chi connectivity index (χ1) is 10.3. The van der Waals surface area contributed by atoms with Gasteiger partial charge in [-0.2, -0.15) is 0 Å². The summed E-state index contributed by atoms with van der Waals surface area (Å²) in [5, 5.41) is 15.5. The zero-order valence-electron chi connectivity index (χ0n) is 12.3. The summed E-state index contributed by atoms with van der Waals surface area (Å²) in [6, 6.07) is 9.18. The van der Waals surface area contributed by atoms with Crippen molar-refractivity contribution in [1.29, 1.82) is 0 Å². The molecule has 3 rings (SSSR count). The Bertz CT molecular complexity index is 517. The standard InChI is InChI=1S/C16H24N4O/c17-16(19-21)13-5-3-4-12(10-13)11-18-14-7-9-20-8-2-1-6-15(14)20/h3-5,10,14-15,18,21H,1-2,6-9,11H2,(H2,17,19). The number of nitrogens with two attached hydrogens (primary N) is 1. The molecule has 1 aromatic rings. The molecule has 0 saturated carbocycles. The predicted molar refractivity (Wildman–Crippen MR) is 83.4 cm³/mol. The smallest absolute Gasteiger partial charge is 0.170 e. The summed E-state index contributed by atoms with van der Waals surface area (Å²) < 4.78 is 0. The molecule has 0 aliphatic carbocycles. The third-order valence-electron chi connectivity index (χ3n) is 4.75. The van der Waals surface area contributed by atoms with Crippen molar-refractivity contribution in [2.24, 2.45) is 10.9 Å². The quantitative estimate of drug-likeness (QED) is 0.340. The van der Waals surface area contributed by atoms with E-state index in [-0.39, 0.29) is 5.84 Å². The monoisotopic (exact) mass is 288 g/mol. The van der Waals surface area contributed by atoms with Crippen molar-refractivity contribution in [1.82, 2.24) is 10.2 Å². The second-order valence-corrected chi connectivity index (χ2v) is 6.06. The van der Waals surface area contributed by atoms with Crippen LogP contribution in [0.15, 0.2) is 29.4 Å². The van der Waals surface area contributed by atoms with Crippen molar-refractivity contribution in [3.05, 3.63) is 35.4 Å². The highest BCUT2D eigenvalue weighted by Gasteiger charge is 2.34. The predicted octanol–water partition coefficient (Wildman–Crippen LogP) is 1.50. The first-order valence-electron chi connectivity index (χ1n) is 7.82. The number of hydrogen-bond acceptors (Lipinski definition) is 4. The molecular weight excluding hydrogens is 264 g/mol. The van der Waals surface area contributed by atoms with E-state index < -0.39 is 0 Å². The zero-order chi connectivity index (χ0) is 14.7. The number of amidine groups is 1. The van der Waals surface area contributed by atoms with Gasteiger partial charge in [0.25, 0.3) is 0 Å². The molecule has 0 amide bonds. The second-order valence-electron chi connectivity index (χ2n) is 6.06. The minimum Gasteiger partial charge on any atom is -0.409 e. The minimum atomic E-state index is 0.163. The van der Waals surface area contributed by atoms with E-state index in [1.807, 2.05) is 18.2 Å². The molecule has 0 spiro atoms. The molecule has 0 bridgehead atoms. The maximum Gasteiger partial charge on any atom is 0.170 e. The van der Waals surface area contributed by atoms with Crippen molar-refractivity contribution in [2.75, 3.05) is 13.1 Å². The molecule has 0 aromatic heterocycles. The Morgan fingerprint density at radius 1 is 1.33 bits per heavy atom. The summed E-state index contributed by atoms with van der Waals surface area (Å²) in [6.07, 6.45) is 5.27. The fraction of sp³-hybridized carbons (Fsp3) is 0.562. The Hall–Kier alpha value is -1.59. The Morgan fingerprint density at radius 2 is 2.24 bits per heavy atom. The second kappa shape index (κ2) is 6.45. The minimum absolute atomic E-state index is 0.163. The third-order valence-corrected chi connectivity index (χ3v) is 4.75. The molecule has 2 aliphatic heterocycles. The summed E-state index contributed by atoms with van der Waals surface area (Å²) >= 11 is 0. The van der Waals surface area contributed by atoms with Gasteiger partial charge >= 0.3 is 0 Å². The molecule has 2 heterocycles. The number of hydrogen-bond donors (Lipinski definition) is 3. The highest BCUT2D eigenvalue weighted by atomic mass is 16.4. The fourth-order valence-corrected chi connectivity index (χ4v) is 3.63. The van der Waals surface area contributed by atoms with Crippen LogP contribution in [0.25, 0.3) is 0 Å². The molecule has 2 unspecified atom stereocenters. The lowest BCUT2D eigenvalue weighted by Gasteiger charge is -2.32. The van der Waals surface area contributed by atoms with Gasteiger partial charge in [0.05, 0.1) is 0 Å². The van der Waals surface area contributed by atoms with Crippen LogP contribution in [0.5, 0.6) is 0 Å². The van der Waals surface area contributed by atoms with Crippen LogP contribution in [-0.4, -0.2) is 41.1 Å². The number of rotatable bonds is 4. The molecule has 21 heavy (non-hydrogen) atoms. The molecule has 114 valence electrons. The van der Waals surface area contributed by atoms with Crippen molar-refractivity contribution in [3.63, 3.8) is 0 Å². The molecule has 2 saturated heterocycles. The van der Waals surface area contributed by atoms with Crippen LogP contribution in [0.3, 0.4) is 0 Å². The number of benzene rings is 1. The highest BCUT2D eigenvalue weighted by Crippen LogP contribution is 2.27. The summed E-state index contributed by atoms with van der Waals surface area (Å²) in [6.45, 7) is 3.33. The average molecular weight is 288 g/mol. The lowest BCUT2D eigenvalue weighted by molar-refractivity contribution is 0.180. The van der Waals surface area contributed by atoms with Gasteiger partial charge in [0, 0.05) is 30.7 Å². The summed E-state index contributed by atoms with van der Waals surface area (Å²) in [5.41, 5.74) is 7.58. The van der Waals surface area contributed by atoms with Crippen molar-refractivity contribution >= 4 is 5.84 Å². The zero-order valence-corrected chi connectivity index (χ0v) is 12.3. The van der Waals surface area contributed by atoms with E-state index >= 15 is 0 Å². The van der Waals surface area contributed by atoms with E-state index in [0.29, 0.717) is 12.1 Å². The molecule has 2 aliphatic rings. The summed E-state index contributed by atoms with van der Waals surface area (Å²) in [4.78, 5) is 2.63. The Kier molecular flexibility index (Phi) is 4.41. The third kappa shape index (κ3) is 3.19. The fourth-order valence-electron chi connectivity index (χ4n) is 3.63. The van der Waals surface area contributed by atoms with Gasteiger partial charge in [0.1, 0.15) is 0 Å². The molecule has 4 N–H and O–H groups in total. The van der Waals surface area contributed by atoms with Crippen molar-refractivity contribution in [2.45, 2.75) is 44.3 Å². The number of nitrogens with one attached hydrogen (secondary N) is 1. The number of fused-ring (bicyclic) bond motifs is 1. The van der Waals surface area contributed by atoms with E-state index in [2.05, 4.69) is 21.4 Å². The van der Waals surface area contributed by atoms with Gasteiger partial charge in [0.15, 0.2) is 5.84 Å². The van der Waals surface area contributed by atoms with E-state index in [4.69, 9.17) is 10.9 Å². The maximum atomic E-state index is 8.75. The van der Waals surface area contributed by atoms with E-state index in [1.165, 1.54) is 44.3 Å². The maximum absolute atomic E-state index is 8.75. The van der Waals surface area contributed by atoms with Crippen molar-refractivity contribution < 1.29 is 5.21 Å². The molecule has 2 atom stereocenters. The normalized spacial score (nSPS) is 26.8. The van der Waals surface area contributed by atoms with Gasteiger partial charge in [-0.3, -0.25) is 4.90 Å². The topological polar surface area (TPSA) is 73.9 Å². The van der Waals surface area contributed by atoms with Gasteiger partial charge < -0.3 is 16.3 Å². The molecule has 5 nitrogen and oxygen atoms in total. The van der Waals surface area contributed by atoms with E-state index in [1.54, 1.807) is 0 Å². The number of piperidine rings is 1. The Labute approximate surface area is 125 Å². The van der Waals surface area contributed by atoms with Crippen LogP contribution in [0, 0.1) is 0 Å². The first-order valence-corrected chi connectivity index (χ1v) is 7.82. The van der Waals surface area contributed by atoms with Gasteiger partial charge in [-0.25, -0.2) is 0 Å². The summed E-state index contributed by atoms with van der Waals surface area (Å²) in [7, 11) is 0. The first kappa shape index (κ1) is 14.4. The average Bonchev–Trinajstić information content (AvgIpc) is 2.95. The largest absolute Gasteiger partial charge is 0.409 e. The van der Waals surface area contributed by atoms with Crippen LogP contribution < -0.4 is 11.1 Å². The van der Waals surface area contributed by atoms with Gasteiger partial charge in [-0.15, -0.1) is 0 Å². The van der Waals surface area contributed by atoms with Crippen LogP contribution >= 0.6 is 0 Å². The Morgan fingerprint density at radius 3 is 3.10 bits per heavy atom. The SMILES string of the molecule is NC(=NO)c1cccc(CNC2CCN3CCCCC23)c1. The van der Waals surface area contributed by atoms with Gasteiger partial charge in [-0.05, 0) is 37.4 Å². The Balaban J connectivity index is 1.60. The molecule has 5 heteroatoms. The number of oxime groups is 1. The molecule has 0 radical (unpaired) electrons. The van der Waals surface area contributed by atoms with Crippen LogP contribution in [-0.2, 0) is 6.54 Å².